The Bertz CT molecular complexity index is 769. The van der Waals surface area contributed by atoms with E-state index in [0.29, 0.717) is 12.2 Å². The van der Waals surface area contributed by atoms with Gasteiger partial charge in [0, 0.05) is 6.42 Å². The van der Waals surface area contributed by atoms with Gasteiger partial charge in [0.2, 0.25) is 0 Å². The first-order valence-corrected chi connectivity index (χ1v) is 8.30. The molecule has 4 rings (SSSR count). The van der Waals surface area contributed by atoms with Gasteiger partial charge in [-0.25, -0.2) is 0 Å². The Hall–Kier alpha value is -2.03. The molecule has 1 aromatic rings. The molecule has 0 aromatic heterocycles. The minimum Gasteiger partial charge on any atom is -0.493 e. The number of fused-ring (bicyclic) bond motifs is 4. The van der Waals surface area contributed by atoms with Gasteiger partial charge in [0.05, 0.1) is 19.6 Å². The van der Waals surface area contributed by atoms with Crippen LogP contribution >= 0.6 is 0 Å². The van der Waals surface area contributed by atoms with Crippen LogP contribution < -0.4 is 9.47 Å². The van der Waals surface area contributed by atoms with Gasteiger partial charge in [0.15, 0.2) is 11.5 Å². The van der Waals surface area contributed by atoms with Crippen LogP contribution in [0.2, 0.25) is 0 Å². The van der Waals surface area contributed by atoms with Gasteiger partial charge in [-0.15, -0.1) is 0 Å². The van der Waals surface area contributed by atoms with E-state index < -0.39 is 0 Å². The summed E-state index contributed by atoms with van der Waals surface area (Å²) in [6, 6.07) is 4.22. The molecule has 120 valence electrons. The second-order valence-electron chi connectivity index (χ2n) is 6.90. The molecule has 0 saturated carbocycles. The van der Waals surface area contributed by atoms with Crippen LogP contribution in [0.4, 0.5) is 0 Å². The Morgan fingerprint density at radius 3 is 2.48 bits per heavy atom. The summed E-state index contributed by atoms with van der Waals surface area (Å²) in [5, 5.41) is 0. The zero-order chi connectivity index (χ0) is 16.2. The molecule has 1 atom stereocenters. The van der Waals surface area contributed by atoms with Gasteiger partial charge in [0.1, 0.15) is 5.78 Å². The van der Waals surface area contributed by atoms with Crippen molar-refractivity contribution < 1.29 is 14.3 Å². The fourth-order valence-corrected chi connectivity index (χ4v) is 4.47. The number of allylic oxidation sites excluding steroid dienone is 4. The molecule has 1 aromatic carbocycles. The van der Waals surface area contributed by atoms with Crippen molar-refractivity contribution in [2.45, 2.75) is 39.0 Å². The van der Waals surface area contributed by atoms with E-state index >= 15 is 0 Å². The van der Waals surface area contributed by atoms with Crippen LogP contribution in [0, 0.1) is 5.41 Å². The molecule has 3 aliphatic carbocycles. The van der Waals surface area contributed by atoms with Crippen molar-refractivity contribution in [3.8, 4) is 11.5 Å². The van der Waals surface area contributed by atoms with Gasteiger partial charge in [-0.1, -0.05) is 6.08 Å². The van der Waals surface area contributed by atoms with Gasteiger partial charge in [0.25, 0.3) is 0 Å². The zero-order valence-electron chi connectivity index (χ0n) is 14.0. The topological polar surface area (TPSA) is 35.5 Å². The van der Waals surface area contributed by atoms with E-state index in [0.717, 1.165) is 37.2 Å². The van der Waals surface area contributed by atoms with Crippen molar-refractivity contribution in [3.63, 3.8) is 0 Å². The Kier molecular flexibility index (Phi) is 3.15. The van der Waals surface area contributed by atoms with E-state index in [1.165, 1.54) is 27.8 Å². The van der Waals surface area contributed by atoms with Crippen LogP contribution in [0.3, 0.4) is 0 Å². The van der Waals surface area contributed by atoms with E-state index in [9.17, 15) is 4.79 Å². The van der Waals surface area contributed by atoms with Crippen molar-refractivity contribution in [1.82, 2.24) is 0 Å². The molecule has 0 fully saturated rings. The maximum absolute atomic E-state index is 12.3. The number of aryl methyl sites for hydroxylation is 1. The third kappa shape index (κ3) is 1.92. The molecule has 3 heteroatoms. The smallest absolute Gasteiger partial charge is 0.161 e. The molecule has 0 heterocycles. The molecule has 0 N–H and O–H groups in total. The molecule has 0 bridgehead atoms. The van der Waals surface area contributed by atoms with E-state index in [-0.39, 0.29) is 5.41 Å². The predicted molar refractivity (Wildman–Crippen MR) is 89.8 cm³/mol. The van der Waals surface area contributed by atoms with E-state index in [1.54, 1.807) is 14.2 Å². The number of ether oxygens (including phenoxy) is 2. The van der Waals surface area contributed by atoms with Crippen LogP contribution in [0.5, 0.6) is 11.5 Å². The summed E-state index contributed by atoms with van der Waals surface area (Å²) >= 11 is 0. The number of benzene rings is 1. The Balaban J connectivity index is 1.87. The molecule has 0 unspecified atom stereocenters. The van der Waals surface area contributed by atoms with Crippen molar-refractivity contribution in [2.24, 2.45) is 5.41 Å². The number of hydrogen-bond donors (Lipinski definition) is 0. The lowest BCUT2D eigenvalue weighted by atomic mass is 9.65. The number of rotatable bonds is 2. The summed E-state index contributed by atoms with van der Waals surface area (Å²) in [6.45, 7) is 2.13. The Morgan fingerprint density at radius 2 is 1.74 bits per heavy atom. The molecule has 0 amide bonds. The number of ketones is 1. The number of Topliss-reactive ketones (excluding diaryl/α,β-unsaturated/α-hetero) is 1. The van der Waals surface area contributed by atoms with Crippen molar-refractivity contribution in [2.75, 3.05) is 14.2 Å². The summed E-state index contributed by atoms with van der Waals surface area (Å²) in [5.74, 6) is 1.97. The highest BCUT2D eigenvalue weighted by Gasteiger charge is 2.45. The van der Waals surface area contributed by atoms with E-state index in [2.05, 4.69) is 25.1 Å². The molecule has 0 radical (unpaired) electrons. The summed E-state index contributed by atoms with van der Waals surface area (Å²) in [4.78, 5) is 12.3. The van der Waals surface area contributed by atoms with Crippen molar-refractivity contribution in [1.29, 1.82) is 0 Å². The van der Waals surface area contributed by atoms with Gasteiger partial charge in [-0.3, -0.25) is 4.79 Å². The van der Waals surface area contributed by atoms with Gasteiger partial charge >= 0.3 is 0 Å². The molecule has 3 aliphatic rings. The average Bonchev–Trinajstić information content (AvgIpc) is 2.88. The normalized spacial score (nSPS) is 25.5. The monoisotopic (exact) mass is 310 g/mol. The average molecular weight is 310 g/mol. The maximum Gasteiger partial charge on any atom is 0.161 e. The fraction of sp³-hybridized carbons (Fsp3) is 0.450. The highest BCUT2D eigenvalue weighted by molar-refractivity contribution is 5.96. The summed E-state index contributed by atoms with van der Waals surface area (Å²) in [5.41, 5.74) is 6.48. The molecular formula is C20H22O3. The van der Waals surface area contributed by atoms with Crippen LogP contribution in [0.1, 0.15) is 43.7 Å². The van der Waals surface area contributed by atoms with Gasteiger partial charge in [-0.05, 0) is 72.6 Å². The lowest BCUT2D eigenvalue weighted by molar-refractivity contribution is -0.124. The van der Waals surface area contributed by atoms with Gasteiger partial charge in [-0.2, -0.15) is 0 Å². The minimum absolute atomic E-state index is 0.243. The Morgan fingerprint density at radius 1 is 1.00 bits per heavy atom. The van der Waals surface area contributed by atoms with Crippen LogP contribution in [0.25, 0.3) is 5.57 Å². The number of carbonyl (C=O) groups excluding carboxylic acids is 1. The minimum atomic E-state index is -0.243. The van der Waals surface area contributed by atoms with Crippen LogP contribution in [0.15, 0.2) is 29.4 Å². The maximum atomic E-state index is 12.3. The van der Waals surface area contributed by atoms with Gasteiger partial charge < -0.3 is 9.47 Å². The number of carbonyl (C=O) groups is 1. The van der Waals surface area contributed by atoms with Crippen LogP contribution in [-0.4, -0.2) is 20.0 Å². The van der Waals surface area contributed by atoms with Crippen molar-refractivity contribution >= 4 is 11.4 Å². The highest BCUT2D eigenvalue weighted by atomic mass is 16.5. The molecule has 23 heavy (non-hydrogen) atoms. The Labute approximate surface area is 137 Å². The predicted octanol–water partition coefficient (Wildman–Crippen LogP) is 4.10. The molecule has 3 nitrogen and oxygen atoms in total. The third-order valence-electron chi connectivity index (χ3n) is 5.84. The summed E-state index contributed by atoms with van der Waals surface area (Å²) in [7, 11) is 3.36. The number of hydrogen-bond acceptors (Lipinski definition) is 3. The largest absolute Gasteiger partial charge is 0.493 e. The molecule has 0 aliphatic heterocycles. The number of methoxy groups -OCH3 is 2. The third-order valence-corrected chi connectivity index (χ3v) is 5.84. The van der Waals surface area contributed by atoms with Crippen molar-refractivity contribution in [3.05, 3.63) is 40.5 Å². The second kappa shape index (κ2) is 4.98. The first kappa shape index (κ1) is 14.6. The quantitative estimate of drug-likeness (QED) is 0.825. The second-order valence-corrected chi connectivity index (χ2v) is 6.90. The lowest BCUT2D eigenvalue weighted by Crippen LogP contribution is -2.30. The van der Waals surface area contributed by atoms with E-state index in [1.807, 2.05) is 0 Å². The fourth-order valence-electron chi connectivity index (χ4n) is 4.47. The summed E-state index contributed by atoms with van der Waals surface area (Å²) < 4.78 is 10.9. The molecule has 0 spiro atoms. The highest BCUT2D eigenvalue weighted by Crippen LogP contribution is 2.54. The first-order chi connectivity index (χ1) is 11.1. The van der Waals surface area contributed by atoms with E-state index in [4.69, 9.17) is 9.47 Å². The summed E-state index contributed by atoms with van der Waals surface area (Å²) in [6.07, 6.45) is 6.67. The lowest BCUT2D eigenvalue weighted by Gasteiger charge is -2.38. The first-order valence-electron chi connectivity index (χ1n) is 8.30. The standard InChI is InChI=1S/C20H22O3/c1-20-9-8-13-14(16(20)6-7-19(20)21)5-4-12-10-17(22-2)18(23-3)11-15(12)13/h6,10-11H,4-5,7-9H2,1-3H3/t20-/m0/s1. The molecular weight excluding hydrogens is 288 g/mol. The molecule has 0 saturated heterocycles. The SMILES string of the molecule is COc1cc2c(cc1OC)C1=C(CC2)C2=CCC(=O)[C@@]2(C)CC1. The zero-order valence-corrected chi connectivity index (χ0v) is 14.0. The van der Waals surface area contributed by atoms with Crippen LogP contribution in [-0.2, 0) is 11.2 Å².